The Hall–Kier alpha value is -1.69. The molecule has 0 aromatic heterocycles. The standard InChI is InChI=1S/C18H24F2N2O2/c1-17(2,3)24-16(23)22-14-9-18(19,20)15(22)12-21(11-14)10-13-7-5-4-6-8-13/h4-8,14-15H,9-12H2,1-3H3/t14-,15-/m1/s1. The van der Waals surface area contributed by atoms with Crippen LogP contribution in [-0.4, -0.2) is 52.6 Å². The molecule has 132 valence electrons. The molecule has 24 heavy (non-hydrogen) atoms. The van der Waals surface area contributed by atoms with Gasteiger partial charge < -0.3 is 4.74 Å². The molecule has 6 heteroatoms. The van der Waals surface area contributed by atoms with Crippen LogP contribution in [0.2, 0.25) is 0 Å². The highest BCUT2D eigenvalue weighted by Gasteiger charge is 2.59. The number of hydrogen-bond donors (Lipinski definition) is 0. The summed E-state index contributed by atoms with van der Waals surface area (Å²) in [5.74, 6) is -2.87. The first-order valence-corrected chi connectivity index (χ1v) is 8.31. The average Bonchev–Trinajstić information content (AvgIpc) is 2.61. The van der Waals surface area contributed by atoms with E-state index >= 15 is 0 Å². The van der Waals surface area contributed by atoms with Gasteiger partial charge in [-0.2, -0.15) is 0 Å². The van der Waals surface area contributed by atoms with E-state index < -0.39 is 29.7 Å². The number of halogens is 2. The lowest BCUT2D eigenvalue weighted by molar-refractivity contribution is -0.0587. The molecule has 1 amide bonds. The van der Waals surface area contributed by atoms with Crippen molar-refractivity contribution in [2.75, 3.05) is 13.1 Å². The van der Waals surface area contributed by atoms with E-state index in [1.54, 1.807) is 20.8 Å². The minimum Gasteiger partial charge on any atom is -0.444 e. The predicted octanol–water partition coefficient (Wildman–Crippen LogP) is 3.52. The van der Waals surface area contributed by atoms with Crippen molar-refractivity contribution >= 4 is 6.09 Å². The summed E-state index contributed by atoms with van der Waals surface area (Å²) in [6.07, 6.45) is -0.920. The molecule has 2 heterocycles. The third-order valence-corrected chi connectivity index (χ3v) is 4.48. The van der Waals surface area contributed by atoms with Crippen LogP contribution in [-0.2, 0) is 11.3 Å². The lowest BCUT2D eigenvalue weighted by Crippen LogP contribution is -2.58. The van der Waals surface area contributed by atoms with Gasteiger partial charge in [0.25, 0.3) is 5.92 Å². The van der Waals surface area contributed by atoms with Gasteiger partial charge in [0.2, 0.25) is 0 Å². The zero-order valence-corrected chi connectivity index (χ0v) is 14.3. The van der Waals surface area contributed by atoms with E-state index in [-0.39, 0.29) is 13.0 Å². The van der Waals surface area contributed by atoms with Crippen molar-refractivity contribution in [2.45, 2.75) is 57.3 Å². The minimum absolute atomic E-state index is 0.164. The van der Waals surface area contributed by atoms with Crippen molar-refractivity contribution in [1.29, 1.82) is 0 Å². The first kappa shape index (κ1) is 17.1. The Morgan fingerprint density at radius 1 is 1.25 bits per heavy atom. The molecule has 2 bridgehead atoms. The second kappa shape index (κ2) is 5.99. The molecule has 2 saturated heterocycles. The fraction of sp³-hybridized carbons (Fsp3) is 0.611. The number of amides is 1. The van der Waals surface area contributed by atoms with Crippen LogP contribution >= 0.6 is 0 Å². The Bertz CT molecular complexity index is 601. The molecule has 2 aliphatic heterocycles. The molecule has 0 radical (unpaired) electrons. The van der Waals surface area contributed by atoms with Gasteiger partial charge in [0, 0.05) is 26.1 Å². The summed E-state index contributed by atoms with van der Waals surface area (Å²) >= 11 is 0. The highest BCUT2D eigenvalue weighted by atomic mass is 19.3. The number of carbonyl (C=O) groups is 1. The van der Waals surface area contributed by atoms with E-state index in [9.17, 15) is 13.6 Å². The Labute approximate surface area is 141 Å². The molecule has 2 fully saturated rings. The monoisotopic (exact) mass is 338 g/mol. The molecule has 1 aromatic carbocycles. The van der Waals surface area contributed by atoms with Gasteiger partial charge in [0.05, 0.1) is 6.04 Å². The molecule has 0 N–H and O–H groups in total. The lowest BCUT2D eigenvalue weighted by Gasteiger charge is -2.41. The van der Waals surface area contributed by atoms with Gasteiger partial charge in [-0.3, -0.25) is 9.80 Å². The molecule has 2 atom stereocenters. The number of nitrogens with zero attached hydrogens (tertiary/aromatic N) is 2. The maximum absolute atomic E-state index is 14.4. The second-order valence-electron chi connectivity index (χ2n) is 7.70. The molecular formula is C18H24F2N2O2. The summed E-state index contributed by atoms with van der Waals surface area (Å²) in [6.45, 7) is 6.47. The normalized spacial score (nSPS) is 26.5. The first-order chi connectivity index (χ1) is 11.2. The van der Waals surface area contributed by atoms with Gasteiger partial charge in [-0.15, -0.1) is 0 Å². The molecular weight excluding hydrogens is 314 g/mol. The average molecular weight is 338 g/mol. The van der Waals surface area contributed by atoms with Crippen LogP contribution < -0.4 is 0 Å². The Balaban J connectivity index is 1.74. The molecule has 0 saturated carbocycles. The number of hydrogen-bond acceptors (Lipinski definition) is 3. The largest absolute Gasteiger partial charge is 0.444 e. The van der Waals surface area contributed by atoms with Gasteiger partial charge in [0.1, 0.15) is 11.6 Å². The summed E-state index contributed by atoms with van der Waals surface area (Å²) in [5.41, 5.74) is 0.401. The second-order valence-corrected chi connectivity index (χ2v) is 7.70. The smallest absolute Gasteiger partial charge is 0.411 e. The van der Waals surface area contributed by atoms with E-state index in [1.165, 1.54) is 4.90 Å². The van der Waals surface area contributed by atoms with Crippen LogP contribution in [0.15, 0.2) is 30.3 Å². The summed E-state index contributed by atoms with van der Waals surface area (Å²) in [4.78, 5) is 15.7. The molecule has 2 aliphatic rings. The van der Waals surface area contributed by atoms with Crippen LogP contribution in [0.25, 0.3) is 0 Å². The Morgan fingerprint density at radius 3 is 2.50 bits per heavy atom. The van der Waals surface area contributed by atoms with Crippen molar-refractivity contribution in [3.63, 3.8) is 0 Å². The molecule has 0 spiro atoms. The number of likely N-dealkylation sites (tertiary alicyclic amines) is 1. The summed E-state index contributed by atoms with van der Waals surface area (Å²) in [6, 6.07) is 8.17. The molecule has 0 aliphatic carbocycles. The SMILES string of the molecule is CC(C)(C)OC(=O)N1[C@H]2CN(Cc3ccccc3)C[C@@H]1C(F)(F)C2. The Kier molecular flexibility index (Phi) is 4.28. The van der Waals surface area contributed by atoms with Gasteiger partial charge in [-0.05, 0) is 26.3 Å². The van der Waals surface area contributed by atoms with Crippen molar-refractivity contribution in [2.24, 2.45) is 0 Å². The number of alkyl halides is 2. The van der Waals surface area contributed by atoms with Crippen LogP contribution in [0, 0.1) is 0 Å². The van der Waals surface area contributed by atoms with Gasteiger partial charge >= 0.3 is 6.09 Å². The quantitative estimate of drug-likeness (QED) is 0.827. The van der Waals surface area contributed by atoms with Gasteiger partial charge in [-0.1, -0.05) is 30.3 Å². The van der Waals surface area contributed by atoms with E-state index in [2.05, 4.69) is 0 Å². The molecule has 3 rings (SSSR count). The predicted molar refractivity (Wildman–Crippen MR) is 86.9 cm³/mol. The fourth-order valence-corrected chi connectivity index (χ4v) is 3.56. The highest BCUT2D eigenvalue weighted by Crippen LogP contribution is 2.42. The van der Waals surface area contributed by atoms with Gasteiger partial charge in [-0.25, -0.2) is 13.6 Å². The first-order valence-electron chi connectivity index (χ1n) is 8.31. The van der Waals surface area contributed by atoms with E-state index in [0.29, 0.717) is 13.1 Å². The number of ether oxygens (including phenoxy) is 1. The maximum atomic E-state index is 14.4. The minimum atomic E-state index is -2.87. The van der Waals surface area contributed by atoms with Crippen LogP contribution in [0.5, 0.6) is 0 Å². The van der Waals surface area contributed by atoms with Crippen molar-refractivity contribution in [1.82, 2.24) is 9.80 Å². The van der Waals surface area contributed by atoms with Crippen molar-refractivity contribution in [3.8, 4) is 0 Å². The summed E-state index contributed by atoms with van der Waals surface area (Å²) in [5, 5.41) is 0. The van der Waals surface area contributed by atoms with E-state index in [0.717, 1.165) is 5.56 Å². The van der Waals surface area contributed by atoms with E-state index in [4.69, 9.17) is 4.74 Å². The number of benzene rings is 1. The molecule has 0 unspecified atom stereocenters. The van der Waals surface area contributed by atoms with Crippen molar-refractivity contribution in [3.05, 3.63) is 35.9 Å². The number of carbonyl (C=O) groups excluding carboxylic acids is 1. The van der Waals surface area contributed by atoms with Gasteiger partial charge in [0.15, 0.2) is 0 Å². The van der Waals surface area contributed by atoms with E-state index in [1.807, 2.05) is 35.2 Å². The third-order valence-electron chi connectivity index (χ3n) is 4.48. The number of fused-ring (bicyclic) bond motifs is 2. The third kappa shape index (κ3) is 3.53. The zero-order valence-electron chi connectivity index (χ0n) is 14.3. The van der Waals surface area contributed by atoms with Crippen LogP contribution in [0.3, 0.4) is 0 Å². The molecule has 1 aromatic rings. The zero-order chi connectivity index (χ0) is 17.5. The summed E-state index contributed by atoms with van der Waals surface area (Å²) < 4.78 is 34.1. The highest BCUT2D eigenvalue weighted by molar-refractivity contribution is 5.70. The number of piperazine rings is 1. The fourth-order valence-electron chi connectivity index (χ4n) is 3.56. The molecule has 4 nitrogen and oxygen atoms in total. The topological polar surface area (TPSA) is 32.8 Å². The summed E-state index contributed by atoms with van der Waals surface area (Å²) in [7, 11) is 0. The van der Waals surface area contributed by atoms with Crippen molar-refractivity contribution < 1.29 is 18.3 Å². The maximum Gasteiger partial charge on any atom is 0.411 e. The Morgan fingerprint density at radius 2 is 1.92 bits per heavy atom. The van der Waals surface area contributed by atoms with Crippen LogP contribution in [0.4, 0.5) is 13.6 Å². The van der Waals surface area contributed by atoms with Crippen LogP contribution in [0.1, 0.15) is 32.8 Å². The number of rotatable bonds is 2. The lowest BCUT2D eigenvalue weighted by atomic mass is 10.1.